The van der Waals surface area contributed by atoms with E-state index in [1.165, 1.54) is 11.3 Å². The zero-order valence-electron chi connectivity index (χ0n) is 17.6. The van der Waals surface area contributed by atoms with E-state index in [2.05, 4.69) is 5.32 Å². The number of nitrogens with zero attached hydrogens (tertiary/aromatic N) is 1. The Balaban J connectivity index is 1.34. The van der Waals surface area contributed by atoms with Crippen LogP contribution in [0.25, 0.3) is 11.3 Å². The van der Waals surface area contributed by atoms with Crippen molar-refractivity contribution in [3.63, 3.8) is 0 Å². The van der Waals surface area contributed by atoms with Gasteiger partial charge in [0.05, 0.1) is 4.88 Å². The molecule has 1 aliphatic rings. The quantitative estimate of drug-likeness (QED) is 0.437. The lowest BCUT2D eigenvalue weighted by atomic mass is 10.1. The summed E-state index contributed by atoms with van der Waals surface area (Å²) in [6.07, 6.45) is 0.691. The van der Waals surface area contributed by atoms with Crippen molar-refractivity contribution in [3.8, 4) is 11.3 Å². The Morgan fingerprint density at radius 3 is 2.72 bits per heavy atom. The Morgan fingerprint density at radius 2 is 1.91 bits per heavy atom. The molecule has 2 aromatic heterocycles. The highest BCUT2D eigenvalue weighted by atomic mass is 32.1. The SMILES string of the molecule is Cc1ccccc1C(=O)Nc1cccc(-c2cc3c(o2)CCN(C(=O)c2cccs2)C3)c1. The largest absolute Gasteiger partial charge is 0.461 e. The molecule has 3 heterocycles. The van der Waals surface area contributed by atoms with Gasteiger partial charge >= 0.3 is 0 Å². The third-order valence-electron chi connectivity index (χ3n) is 5.68. The molecule has 2 amide bonds. The van der Waals surface area contributed by atoms with Crippen LogP contribution in [0.15, 0.2) is 76.5 Å². The molecule has 6 heteroatoms. The van der Waals surface area contributed by atoms with Gasteiger partial charge in [-0.05, 0) is 48.2 Å². The summed E-state index contributed by atoms with van der Waals surface area (Å²) in [6.45, 7) is 3.10. The molecule has 5 nitrogen and oxygen atoms in total. The second-order valence-corrected chi connectivity index (χ2v) is 8.81. The average Bonchev–Trinajstić information content (AvgIpc) is 3.49. The van der Waals surface area contributed by atoms with E-state index < -0.39 is 0 Å². The highest BCUT2D eigenvalue weighted by Crippen LogP contribution is 2.31. The number of carbonyl (C=O) groups is 2. The first-order valence-corrected chi connectivity index (χ1v) is 11.4. The summed E-state index contributed by atoms with van der Waals surface area (Å²) in [5.74, 6) is 1.59. The molecular formula is C26H22N2O3S. The molecule has 32 heavy (non-hydrogen) atoms. The fourth-order valence-corrected chi connectivity index (χ4v) is 4.67. The highest BCUT2D eigenvalue weighted by molar-refractivity contribution is 7.12. The van der Waals surface area contributed by atoms with Gasteiger partial charge in [-0.15, -0.1) is 11.3 Å². The molecule has 4 aromatic rings. The Morgan fingerprint density at radius 1 is 1.03 bits per heavy atom. The Bertz CT molecular complexity index is 1290. The summed E-state index contributed by atoms with van der Waals surface area (Å²) in [5.41, 5.74) is 4.21. The average molecular weight is 443 g/mol. The summed E-state index contributed by atoms with van der Waals surface area (Å²) in [4.78, 5) is 28.0. The van der Waals surface area contributed by atoms with E-state index in [1.807, 2.05) is 83.9 Å². The fraction of sp³-hybridized carbons (Fsp3) is 0.154. The van der Waals surface area contributed by atoms with Crippen LogP contribution in [-0.4, -0.2) is 23.3 Å². The van der Waals surface area contributed by atoms with Crippen molar-refractivity contribution in [2.75, 3.05) is 11.9 Å². The standard InChI is InChI=1S/C26H22N2O3S/c1-17-6-2-3-9-21(17)25(29)27-20-8-4-7-18(14-20)23-15-19-16-28(12-11-22(19)31-23)26(30)24-10-5-13-32-24/h2-10,13-15H,11-12,16H2,1H3,(H,27,29). The van der Waals surface area contributed by atoms with E-state index in [1.54, 1.807) is 0 Å². The summed E-state index contributed by atoms with van der Waals surface area (Å²) in [5, 5.41) is 4.90. The van der Waals surface area contributed by atoms with Crippen LogP contribution in [0.1, 0.15) is 36.9 Å². The molecule has 1 N–H and O–H groups in total. The number of benzene rings is 2. The first-order chi connectivity index (χ1) is 15.6. The van der Waals surface area contributed by atoms with Crippen LogP contribution in [0.3, 0.4) is 0 Å². The maximum absolute atomic E-state index is 12.7. The lowest BCUT2D eigenvalue weighted by Crippen LogP contribution is -2.35. The molecule has 0 saturated carbocycles. The molecule has 0 saturated heterocycles. The maximum Gasteiger partial charge on any atom is 0.264 e. The van der Waals surface area contributed by atoms with Gasteiger partial charge in [-0.25, -0.2) is 0 Å². The minimum Gasteiger partial charge on any atom is -0.461 e. The van der Waals surface area contributed by atoms with E-state index in [0.717, 1.165) is 33.1 Å². The van der Waals surface area contributed by atoms with Gasteiger partial charge in [0.15, 0.2) is 0 Å². The van der Waals surface area contributed by atoms with E-state index in [9.17, 15) is 9.59 Å². The van der Waals surface area contributed by atoms with Gasteiger partial charge < -0.3 is 14.6 Å². The first-order valence-electron chi connectivity index (χ1n) is 10.5. The lowest BCUT2D eigenvalue weighted by molar-refractivity contribution is 0.0734. The summed E-state index contributed by atoms with van der Waals surface area (Å²) in [6, 6.07) is 20.9. The summed E-state index contributed by atoms with van der Waals surface area (Å²) >= 11 is 1.46. The van der Waals surface area contributed by atoms with Crippen molar-refractivity contribution in [1.82, 2.24) is 4.90 Å². The number of thiophene rings is 1. The van der Waals surface area contributed by atoms with Crippen LogP contribution in [0, 0.1) is 6.92 Å². The van der Waals surface area contributed by atoms with Crippen LogP contribution in [0.2, 0.25) is 0 Å². The molecule has 1 aliphatic heterocycles. The number of anilines is 1. The Hall–Kier alpha value is -3.64. The van der Waals surface area contributed by atoms with E-state index in [-0.39, 0.29) is 11.8 Å². The minimum absolute atomic E-state index is 0.0642. The Kier molecular flexibility index (Phi) is 5.37. The van der Waals surface area contributed by atoms with Crippen molar-refractivity contribution < 1.29 is 14.0 Å². The normalized spacial score (nSPS) is 13.0. The number of nitrogens with one attached hydrogen (secondary N) is 1. The monoisotopic (exact) mass is 442 g/mol. The van der Waals surface area contributed by atoms with Gasteiger partial charge in [0.2, 0.25) is 0 Å². The Labute approximate surface area is 190 Å². The number of hydrogen-bond acceptors (Lipinski definition) is 4. The molecule has 0 unspecified atom stereocenters. The van der Waals surface area contributed by atoms with Crippen LogP contribution >= 0.6 is 11.3 Å². The topological polar surface area (TPSA) is 62.6 Å². The molecule has 0 bridgehead atoms. The van der Waals surface area contributed by atoms with E-state index >= 15 is 0 Å². The highest BCUT2D eigenvalue weighted by Gasteiger charge is 2.25. The van der Waals surface area contributed by atoms with Crippen molar-refractivity contribution >= 4 is 28.8 Å². The predicted molar refractivity (Wildman–Crippen MR) is 126 cm³/mol. The van der Waals surface area contributed by atoms with Crippen molar-refractivity contribution in [3.05, 3.63) is 99.4 Å². The van der Waals surface area contributed by atoms with E-state index in [0.29, 0.717) is 30.8 Å². The molecule has 0 atom stereocenters. The lowest BCUT2D eigenvalue weighted by Gasteiger charge is -2.25. The zero-order valence-corrected chi connectivity index (χ0v) is 18.4. The van der Waals surface area contributed by atoms with Crippen molar-refractivity contribution in [2.24, 2.45) is 0 Å². The van der Waals surface area contributed by atoms with Crippen molar-refractivity contribution in [1.29, 1.82) is 0 Å². The van der Waals surface area contributed by atoms with Gasteiger partial charge in [-0.3, -0.25) is 9.59 Å². The number of amides is 2. The van der Waals surface area contributed by atoms with Crippen LogP contribution in [0.4, 0.5) is 5.69 Å². The number of carbonyl (C=O) groups excluding carboxylic acids is 2. The fourth-order valence-electron chi connectivity index (χ4n) is 3.98. The van der Waals surface area contributed by atoms with Gasteiger partial charge in [0.1, 0.15) is 11.5 Å². The summed E-state index contributed by atoms with van der Waals surface area (Å²) in [7, 11) is 0. The number of rotatable bonds is 4. The molecule has 0 spiro atoms. The number of aryl methyl sites for hydroxylation is 1. The molecule has 5 rings (SSSR count). The molecule has 0 aliphatic carbocycles. The minimum atomic E-state index is -0.137. The third-order valence-corrected chi connectivity index (χ3v) is 6.54. The molecule has 0 radical (unpaired) electrons. The van der Waals surface area contributed by atoms with Gasteiger partial charge in [0.25, 0.3) is 11.8 Å². The van der Waals surface area contributed by atoms with Crippen LogP contribution in [0.5, 0.6) is 0 Å². The van der Waals surface area contributed by atoms with Gasteiger partial charge in [0, 0.05) is 41.9 Å². The second kappa shape index (κ2) is 8.48. The number of hydrogen-bond donors (Lipinski definition) is 1. The smallest absolute Gasteiger partial charge is 0.264 e. The zero-order chi connectivity index (χ0) is 22.1. The molecule has 160 valence electrons. The molecule has 2 aromatic carbocycles. The predicted octanol–water partition coefficient (Wildman–Crippen LogP) is 5.77. The second-order valence-electron chi connectivity index (χ2n) is 7.86. The molecular weight excluding hydrogens is 420 g/mol. The number of fused-ring (bicyclic) bond motifs is 1. The van der Waals surface area contributed by atoms with E-state index in [4.69, 9.17) is 4.42 Å². The van der Waals surface area contributed by atoms with Gasteiger partial charge in [-0.1, -0.05) is 36.4 Å². The maximum atomic E-state index is 12.7. The van der Waals surface area contributed by atoms with Gasteiger partial charge in [-0.2, -0.15) is 0 Å². The van der Waals surface area contributed by atoms with Crippen molar-refractivity contribution in [2.45, 2.75) is 19.9 Å². The summed E-state index contributed by atoms with van der Waals surface area (Å²) < 4.78 is 6.13. The first kappa shape index (κ1) is 20.3. The van der Waals surface area contributed by atoms with Crippen LogP contribution < -0.4 is 5.32 Å². The number of furan rings is 1. The molecule has 0 fully saturated rings. The van der Waals surface area contributed by atoms with Crippen LogP contribution in [-0.2, 0) is 13.0 Å². The third kappa shape index (κ3) is 3.97.